The van der Waals surface area contributed by atoms with Gasteiger partial charge in [0, 0.05) is 5.54 Å². The molecule has 26 heavy (non-hydrogen) atoms. The lowest BCUT2D eigenvalue weighted by atomic mass is 9.77. The maximum absolute atomic E-state index is 13.1. The Morgan fingerprint density at radius 3 is 2.81 bits per heavy atom. The molecule has 1 aliphatic carbocycles. The maximum Gasteiger partial charge on any atom is 0.261 e. The number of nitrogens with zero attached hydrogens (tertiary/aromatic N) is 1. The molecule has 4 heterocycles. The highest BCUT2D eigenvalue weighted by Crippen LogP contribution is 2.53. The van der Waals surface area contributed by atoms with Crippen molar-refractivity contribution >= 4 is 27.3 Å². The summed E-state index contributed by atoms with van der Waals surface area (Å²) in [4.78, 5) is 16.5. The number of benzene rings is 1. The lowest BCUT2D eigenvalue weighted by Crippen LogP contribution is -2.65. The van der Waals surface area contributed by atoms with Crippen molar-refractivity contribution in [2.75, 3.05) is 19.7 Å². The van der Waals surface area contributed by atoms with E-state index >= 15 is 0 Å². The Bertz CT molecular complexity index is 862. The minimum absolute atomic E-state index is 0.0938. The fourth-order valence-corrected chi connectivity index (χ4v) is 6.26. The third kappa shape index (κ3) is 2.40. The Labute approximate surface area is 158 Å². The summed E-state index contributed by atoms with van der Waals surface area (Å²) < 4.78 is 6.94. The van der Waals surface area contributed by atoms with Gasteiger partial charge in [0.15, 0.2) is 0 Å². The number of nitrogens with one attached hydrogen (secondary N) is 1. The molecular formula is C21H26N2O2S. The van der Waals surface area contributed by atoms with Crippen molar-refractivity contribution in [3.8, 4) is 5.75 Å². The zero-order chi connectivity index (χ0) is 17.9. The minimum Gasteiger partial charge on any atom is -0.492 e. The molecule has 138 valence electrons. The molecule has 1 spiro atoms. The predicted octanol–water partition coefficient (Wildman–Crippen LogP) is 3.97. The lowest BCUT2D eigenvalue weighted by molar-refractivity contribution is -0.00138. The Balaban J connectivity index is 1.43. The number of aryl methyl sites for hydroxylation is 1. The van der Waals surface area contributed by atoms with Crippen molar-refractivity contribution in [1.82, 2.24) is 10.2 Å². The van der Waals surface area contributed by atoms with Crippen LogP contribution in [-0.2, 0) is 0 Å². The molecule has 4 aliphatic rings. The van der Waals surface area contributed by atoms with Crippen molar-refractivity contribution in [3.63, 3.8) is 0 Å². The van der Waals surface area contributed by atoms with Gasteiger partial charge >= 0.3 is 0 Å². The topological polar surface area (TPSA) is 41.6 Å². The fraction of sp³-hybridized carbons (Fsp3) is 0.571. The molecule has 3 saturated heterocycles. The van der Waals surface area contributed by atoms with E-state index in [1.54, 1.807) is 11.3 Å². The molecule has 0 unspecified atom stereocenters. The third-order valence-electron chi connectivity index (χ3n) is 6.62. The molecule has 3 aliphatic heterocycles. The number of carbonyl (C=O) groups is 1. The van der Waals surface area contributed by atoms with E-state index in [2.05, 4.69) is 29.3 Å². The van der Waals surface area contributed by atoms with Crippen LogP contribution in [-0.4, -0.2) is 42.1 Å². The summed E-state index contributed by atoms with van der Waals surface area (Å²) in [5.74, 6) is 1.67. The summed E-state index contributed by atoms with van der Waals surface area (Å²) in [6.07, 6.45) is 4.95. The van der Waals surface area contributed by atoms with Crippen LogP contribution in [0, 0.1) is 12.8 Å². The van der Waals surface area contributed by atoms with E-state index in [9.17, 15) is 4.79 Å². The van der Waals surface area contributed by atoms with E-state index in [4.69, 9.17) is 4.74 Å². The number of rotatable bonds is 4. The summed E-state index contributed by atoms with van der Waals surface area (Å²) in [6, 6.07) is 6.53. The van der Waals surface area contributed by atoms with Gasteiger partial charge in [0.1, 0.15) is 5.75 Å². The van der Waals surface area contributed by atoms with Gasteiger partial charge in [-0.25, -0.2) is 0 Å². The summed E-state index contributed by atoms with van der Waals surface area (Å²) in [5.41, 5.74) is 1.41. The highest BCUT2D eigenvalue weighted by atomic mass is 32.1. The number of carbonyl (C=O) groups excluding carboxylic acids is 1. The fourth-order valence-electron chi connectivity index (χ4n) is 5.14. The number of thiophene rings is 1. The molecule has 1 aromatic heterocycles. The second-order valence-electron chi connectivity index (χ2n) is 8.05. The van der Waals surface area contributed by atoms with E-state index < -0.39 is 0 Å². The van der Waals surface area contributed by atoms with Crippen LogP contribution in [0.25, 0.3) is 10.1 Å². The van der Waals surface area contributed by atoms with Gasteiger partial charge in [0.25, 0.3) is 5.91 Å². The molecule has 1 aromatic carbocycles. The molecule has 1 atom stereocenters. The van der Waals surface area contributed by atoms with Crippen LogP contribution in [0.1, 0.15) is 47.8 Å². The SMILES string of the molecule is CCOc1c(C)ccc2cc(C(=O)N[C@H]3C4CCN(CC4)C34CC4)sc12. The van der Waals surface area contributed by atoms with Crippen LogP contribution >= 0.6 is 11.3 Å². The summed E-state index contributed by atoms with van der Waals surface area (Å²) in [5, 5.41) is 4.54. The first-order valence-electron chi connectivity index (χ1n) is 9.84. The van der Waals surface area contributed by atoms with Gasteiger partial charge in [-0.3, -0.25) is 9.69 Å². The van der Waals surface area contributed by atoms with Crippen molar-refractivity contribution in [3.05, 3.63) is 28.6 Å². The molecule has 4 nitrogen and oxygen atoms in total. The molecule has 2 aromatic rings. The lowest BCUT2D eigenvalue weighted by Gasteiger charge is -2.52. The molecule has 5 heteroatoms. The Hall–Kier alpha value is -1.59. The third-order valence-corrected chi connectivity index (χ3v) is 7.77. The molecule has 1 saturated carbocycles. The van der Waals surface area contributed by atoms with Gasteiger partial charge in [-0.15, -0.1) is 11.3 Å². The van der Waals surface area contributed by atoms with Crippen molar-refractivity contribution in [2.24, 2.45) is 5.92 Å². The average Bonchev–Trinajstić information content (AvgIpc) is 3.30. The maximum atomic E-state index is 13.1. The molecule has 6 rings (SSSR count). The summed E-state index contributed by atoms with van der Waals surface area (Å²) >= 11 is 1.56. The van der Waals surface area contributed by atoms with E-state index in [1.165, 1.54) is 38.8 Å². The quantitative estimate of drug-likeness (QED) is 0.886. The van der Waals surface area contributed by atoms with Gasteiger partial charge < -0.3 is 10.1 Å². The molecule has 2 bridgehead atoms. The first-order chi connectivity index (χ1) is 12.6. The first kappa shape index (κ1) is 16.6. The van der Waals surface area contributed by atoms with Gasteiger partial charge in [0.05, 0.1) is 22.2 Å². The zero-order valence-corrected chi connectivity index (χ0v) is 16.3. The second-order valence-corrected chi connectivity index (χ2v) is 9.10. The molecule has 4 fully saturated rings. The summed E-state index contributed by atoms with van der Waals surface area (Å²) in [6.45, 7) is 7.14. The monoisotopic (exact) mass is 370 g/mol. The van der Waals surface area contributed by atoms with Crippen LogP contribution in [0.15, 0.2) is 18.2 Å². The largest absolute Gasteiger partial charge is 0.492 e. The van der Waals surface area contributed by atoms with E-state index in [-0.39, 0.29) is 11.4 Å². The molecular weight excluding hydrogens is 344 g/mol. The van der Waals surface area contributed by atoms with Gasteiger partial charge in [-0.1, -0.05) is 12.1 Å². The van der Waals surface area contributed by atoms with Gasteiger partial charge in [-0.2, -0.15) is 0 Å². The summed E-state index contributed by atoms with van der Waals surface area (Å²) in [7, 11) is 0. The number of fused-ring (bicyclic) bond motifs is 3. The minimum atomic E-state index is 0.0938. The standard InChI is InChI=1S/C21H26N2O2S/c1-3-25-17-13(2)4-5-15-12-16(26-18(15)17)20(24)22-19-14-6-10-23(11-7-14)21(19)8-9-21/h4-5,12,14,19H,3,6-11H2,1-2H3,(H,22,24)/t19-/m0/s1. The van der Waals surface area contributed by atoms with Gasteiger partial charge in [-0.05, 0) is 75.6 Å². The van der Waals surface area contributed by atoms with Gasteiger partial charge in [0.2, 0.25) is 0 Å². The second kappa shape index (κ2) is 5.96. The number of hydrogen-bond acceptors (Lipinski definition) is 4. The molecule has 1 N–H and O–H groups in total. The highest BCUT2D eigenvalue weighted by Gasteiger charge is 2.60. The first-order valence-corrected chi connectivity index (χ1v) is 10.7. The van der Waals surface area contributed by atoms with Crippen LogP contribution in [0.3, 0.4) is 0 Å². The normalized spacial score (nSPS) is 28.5. The predicted molar refractivity (Wildman–Crippen MR) is 105 cm³/mol. The van der Waals surface area contributed by atoms with E-state index in [0.29, 0.717) is 18.6 Å². The highest BCUT2D eigenvalue weighted by molar-refractivity contribution is 7.21. The number of amides is 1. The molecule has 1 amide bonds. The van der Waals surface area contributed by atoms with Crippen LogP contribution < -0.4 is 10.1 Å². The number of ether oxygens (including phenoxy) is 1. The Morgan fingerprint density at radius 1 is 1.35 bits per heavy atom. The van der Waals surface area contributed by atoms with E-state index in [1.807, 2.05) is 13.0 Å². The van der Waals surface area contributed by atoms with Crippen molar-refractivity contribution in [2.45, 2.75) is 51.1 Å². The smallest absolute Gasteiger partial charge is 0.261 e. The van der Waals surface area contributed by atoms with Crippen molar-refractivity contribution in [1.29, 1.82) is 0 Å². The Kier molecular flexibility index (Phi) is 3.80. The van der Waals surface area contributed by atoms with Crippen LogP contribution in [0.2, 0.25) is 0 Å². The average molecular weight is 371 g/mol. The molecule has 0 radical (unpaired) electrons. The van der Waals surface area contributed by atoms with Crippen LogP contribution in [0.4, 0.5) is 0 Å². The zero-order valence-electron chi connectivity index (χ0n) is 15.5. The number of hydrogen-bond donors (Lipinski definition) is 1. The van der Waals surface area contributed by atoms with E-state index in [0.717, 1.165) is 26.3 Å². The number of piperidine rings is 3. The Morgan fingerprint density at radius 2 is 2.12 bits per heavy atom. The van der Waals surface area contributed by atoms with Crippen LogP contribution in [0.5, 0.6) is 5.75 Å². The van der Waals surface area contributed by atoms with Crippen molar-refractivity contribution < 1.29 is 9.53 Å².